The molecule has 0 amide bonds. The molecule has 3 nitrogen and oxygen atoms in total. The van der Waals surface area contributed by atoms with Crippen LogP contribution in [0.1, 0.15) is 33.6 Å². The third-order valence-corrected chi connectivity index (χ3v) is 4.83. The summed E-state index contributed by atoms with van der Waals surface area (Å²) in [6.07, 6.45) is 2.53. The van der Waals surface area contributed by atoms with E-state index in [0.29, 0.717) is 17.4 Å². The lowest BCUT2D eigenvalue weighted by Crippen LogP contribution is -2.46. The van der Waals surface area contributed by atoms with Gasteiger partial charge in [-0.3, -0.25) is 0 Å². The van der Waals surface area contributed by atoms with Crippen molar-refractivity contribution < 1.29 is 4.74 Å². The molecule has 2 heterocycles. The number of hydrogen-bond acceptors (Lipinski definition) is 3. The van der Waals surface area contributed by atoms with Crippen LogP contribution < -0.4 is 5.32 Å². The monoisotopic (exact) mass is 254 g/mol. The van der Waals surface area contributed by atoms with Crippen molar-refractivity contribution in [3.63, 3.8) is 0 Å². The first-order valence-corrected chi connectivity index (χ1v) is 7.48. The van der Waals surface area contributed by atoms with Gasteiger partial charge in [0.05, 0.1) is 6.61 Å². The maximum atomic E-state index is 5.65. The Balaban J connectivity index is 1.83. The predicted octanol–water partition coefficient (Wildman–Crippen LogP) is 1.98. The molecule has 106 valence electrons. The highest BCUT2D eigenvalue weighted by Crippen LogP contribution is 2.34. The van der Waals surface area contributed by atoms with E-state index >= 15 is 0 Å². The molecule has 0 aromatic carbocycles. The van der Waals surface area contributed by atoms with Crippen molar-refractivity contribution in [3.05, 3.63) is 0 Å². The number of nitrogens with one attached hydrogen (secondary N) is 1. The molecule has 1 N–H and O–H groups in total. The van der Waals surface area contributed by atoms with Crippen molar-refractivity contribution in [1.82, 2.24) is 10.2 Å². The van der Waals surface area contributed by atoms with Crippen molar-refractivity contribution >= 4 is 0 Å². The second kappa shape index (κ2) is 5.89. The summed E-state index contributed by atoms with van der Waals surface area (Å²) in [5, 5.41) is 3.46. The fourth-order valence-corrected chi connectivity index (χ4v) is 3.39. The van der Waals surface area contributed by atoms with Crippen LogP contribution in [0.2, 0.25) is 0 Å². The molecule has 18 heavy (non-hydrogen) atoms. The fraction of sp³-hybridized carbons (Fsp3) is 1.00. The Morgan fingerprint density at radius 2 is 2.06 bits per heavy atom. The smallest absolute Gasteiger partial charge is 0.0521 e. The van der Waals surface area contributed by atoms with Gasteiger partial charge in [-0.15, -0.1) is 0 Å². The molecule has 3 heteroatoms. The molecule has 0 aromatic heterocycles. The third-order valence-electron chi connectivity index (χ3n) is 4.83. The Morgan fingerprint density at radius 1 is 1.28 bits per heavy atom. The van der Waals surface area contributed by atoms with Crippen molar-refractivity contribution in [3.8, 4) is 0 Å². The Labute approximate surface area is 112 Å². The number of ether oxygens (including phenoxy) is 1. The van der Waals surface area contributed by atoms with Crippen LogP contribution in [0.15, 0.2) is 0 Å². The average molecular weight is 254 g/mol. The van der Waals surface area contributed by atoms with Gasteiger partial charge < -0.3 is 15.0 Å². The lowest BCUT2D eigenvalue weighted by Gasteiger charge is -2.34. The van der Waals surface area contributed by atoms with Crippen molar-refractivity contribution in [2.75, 3.05) is 39.9 Å². The minimum absolute atomic E-state index is 0.459. The lowest BCUT2D eigenvalue weighted by atomic mass is 9.80. The molecule has 2 saturated heterocycles. The van der Waals surface area contributed by atoms with E-state index in [1.807, 2.05) is 0 Å². The topological polar surface area (TPSA) is 24.5 Å². The summed E-state index contributed by atoms with van der Waals surface area (Å²) in [6.45, 7) is 12.7. The first kappa shape index (κ1) is 14.3. The highest BCUT2D eigenvalue weighted by molar-refractivity contribution is 4.87. The lowest BCUT2D eigenvalue weighted by molar-refractivity contribution is 0.0203. The van der Waals surface area contributed by atoms with Crippen LogP contribution in [-0.4, -0.2) is 50.8 Å². The van der Waals surface area contributed by atoms with Gasteiger partial charge in [0, 0.05) is 31.7 Å². The normalized spacial score (nSPS) is 35.0. The molecule has 2 aliphatic heterocycles. The van der Waals surface area contributed by atoms with E-state index in [-0.39, 0.29) is 0 Å². The van der Waals surface area contributed by atoms with Gasteiger partial charge in [-0.25, -0.2) is 0 Å². The van der Waals surface area contributed by atoms with Gasteiger partial charge in [0.2, 0.25) is 0 Å². The first-order chi connectivity index (χ1) is 8.50. The van der Waals surface area contributed by atoms with Crippen LogP contribution in [0.5, 0.6) is 0 Å². The molecule has 2 aliphatic rings. The Hall–Kier alpha value is -0.120. The van der Waals surface area contributed by atoms with E-state index in [2.05, 4.69) is 38.0 Å². The molecule has 0 bridgehead atoms. The molecular weight excluding hydrogens is 224 g/mol. The molecule has 0 saturated carbocycles. The van der Waals surface area contributed by atoms with Gasteiger partial charge >= 0.3 is 0 Å². The fourth-order valence-electron chi connectivity index (χ4n) is 3.39. The molecular formula is C15H30N2O. The maximum absolute atomic E-state index is 5.65. The van der Waals surface area contributed by atoms with E-state index in [1.54, 1.807) is 0 Å². The van der Waals surface area contributed by atoms with Gasteiger partial charge in [-0.1, -0.05) is 20.8 Å². The summed E-state index contributed by atoms with van der Waals surface area (Å²) < 4.78 is 5.65. The Morgan fingerprint density at radius 3 is 2.67 bits per heavy atom. The summed E-state index contributed by atoms with van der Waals surface area (Å²) in [5.41, 5.74) is 0.459. The van der Waals surface area contributed by atoms with Gasteiger partial charge in [0.1, 0.15) is 0 Å². The van der Waals surface area contributed by atoms with Crippen LogP contribution in [-0.2, 0) is 4.74 Å². The largest absolute Gasteiger partial charge is 0.381 e. The van der Waals surface area contributed by atoms with Crippen molar-refractivity contribution in [2.24, 2.45) is 17.3 Å². The van der Waals surface area contributed by atoms with E-state index < -0.39 is 0 Å². The zero-order chi connectivity index (χ0) is 13.2. The predicted molar refractivity (Wildman–Crippen MR) is 75.8 cm³/mol. The second-order valence-corrected chi connectivity index (χ2v) is 7.13. The Kier molecular flexibility index (Phi) is 4.68. The van der Waals surface area contributed by atoms with Gasteiger partial charge in [-0.2, -0.15) is 0 Å². The zero-order valence-corrected chi connectivity index (χ0v) is 12.5. The highest BCUT2D eigenvalue weighted by atomic mass is 16.5. The summed E-state index contributed by atoms with van der Waals surface area (Å²) in [5.74, 6) is 1.53. The van der Waals surface area contributed by atoms with E-state index in [9.17, 15) is 0 Å². The maximum Gasteiger partial charge on any atom is 0.0521 e. The molecule has 3 unspecified atom stereocenters. The number of likely N-dealkylation sites (tertiary alicyclic amines) is 1. The molecule has 0 aliphatic carbocycles. The summed E-state index contributed by atoms with van der Waals surface area (Å²) in [4.78, 5) is 2.65. The van der Waals surface area contributed by atoms with Crippen LogP contribution in [0.3, 0.4) is 0 Å². The molecule has 0 spiro atoms. The SMILES string of the molecule is CNC1CCOCC1CN1CCC(C(C)(C)C)C1. The molecule has 3 atom stereocenters. The average Bonchev–Trinajstić information content (AvgIpc) is 2.78. The minimum atomic E-state index is 0.459. The summed E-state index contributed by atoms with van der Waals surface area (Å²) >= 11 is 0. The standard InChI is InChI=1S/C15H30N2O/c1-15(2,3)13-5-7-17(10-13)9-12-11-18-8-6-14(12)16-4/h12-14,16H,5-11H2,1-4H3. The number of hydrogen-bond donors (Lipinski definition) is 1. The minimum Gasteiger partial charge on any atom is -0.381 e. The summed E-state index contributed by atoms with van der Waals surface area (Å²) in [7, 11) is 2.09. The first-order valence-electron chi connectivity index (χ1n) is 7.48. The van der Waals surface area contributed by atoms with Crippen LogP contribution in [0, 0.1) is 17.3 Å². The molecule has 0 aromatic rings. The van der Waals surface area contributed by atoms with Crippen LogP contribution >= 0.6 is 0 Å². The molecule has 2 fully saturated rings. The van der Waals surface area contributed by atoms with Gasteiger partial charge in [0.25, 0.3) is 0 Å². The van der Waals surface area contributed by atoms with Crippen molar-refractivity contribution in [2.45, 2.75) is 39.7 Å². The van der Waals surface area contributed by atoms with Gasteiger partial charge in [-0.05, 0) is 37.8 Å². The number of nitrogens with zero attached hydrogens (tertiary/aromatic N) is 1. The van der Waals surface area contributed by atoms with Crippen LogP contribution in [0.25, 0.3) is 0 Å². The van der Waals surface area contributed by atoms with Gasteiger partial charge in [0.15, 0.2) is 0 Å². The summed E-state index contributed by atoms with van der Waals surface area (Å²) in [6, 6.07) is 0.646. The molecule has 0 radical (unpaired) electrons. The zero-order valence-electron chi connectivity index (χ0n) is 12.5. The van der Waals surface area contributed by atoms with E-state index in [1.165, 1.54) is 26.1 Å². The van der Waals surface area contributed by atoms with Crippen molar-refractivity contribution in [1.29, 1.82) is 0 Å². The second-order valence-electron chi connectivity index (χ2n) is 7.13. The number of rotatable bonds is 3. The van der Waals surface area contributed by atoms with E-state index in [0.717, 1.165) is 25.6 Å². The van der Waals surface area contributed by atoms with E-state index in [4.69, 9.17) is 4.74 Å². The third kappa shape index (κ3) is 3.46. The molecule has 2 rings (SSSR count). The Bertz CT molecular complexity index is 262. The highest BCUT2D eigenvalue weighted by Gasteiger charge is 2.34. The quantitative estimate of drug-likeness (QED) is 0.833. The van der Waals surface area contributed by atoms with Crippen LogP contribution in [0.4, 0.5) is 0 Å².